The van der Waals surface area contributed by atoms with Crippen molar-refractivity contribution in [1.82, 2.24) is 19.7 Å². The summed E-state index contributed by atoms with van der Waals surface area (Å²) in [6.07, 6.45) is 3.87. The normalized spacial score (nSPS) is 16.4. The molecule has 3 heterocycles. The Morgan fingerprint density at radius 2 is 1.95 bits per heavy atom. The highest BCUT2D eigenvalue weighted by molar-refractivity contribution is 5.39. The summed E-state index contributed by atoms with van der Waals surface area (Å²) >= 11 is 0. The van der Waals surface area contributed by atoms with Gasteiger partial charge in [-0.05, 0) is 17.7 Å². The highest BCUT2D eigenvalue weighted by Crippen LogP contribution is 2.15. The molecule has 0 bridgehead atoms. The highest BCUT2D eigenvalue weighted by Gasteiger charge is 2.18. The Bertz CT molecular complexity index is 568. The van der Waals surface area contributed by atoms with Crippen LogP contribution in [0.25, 0.3) is 0 Å². The van der Waals surface area contributed by atoms with Gasteiger partial charge in [-0.15, -0.1) is 0 Å². The number of anilines is 1. The number of pyridine rings is 1. The van der Waals surface area contributed by atoms with Crippen LogP contribution in [0, 0.1) is 0 Å². The molecule has 1 aliphatic rings. The molecular weight excluding hydrogens is 264 g/mol. The summed E-state index contributed by atoms with van der Waals surface area (Å²) in [4.78, 5) is 9.26. The van der Waals surface area contributed by atoms with E-state index in [2.05, 4.69) is 38.1 Å². The second-order valence-corrected chi connectivity index (χ2v) is 5.47. The lowest BCUT2D eigenvalue weighted by atomic mass is 10.2. The number of rotatable bonds is 4. The van der Waals surface area contributed by atoms with Gasteiger partial charge in [-0.1, -0.05) is 6.07 Å². The van der Waals surface area contributed by atoms with Crippen molar-refractivity contribution >= 4 is 5.82 Å². The molecule has 0 aliphatic carbocycles. The summed E-state index contributed by atoms with van der Waals surface area (Å²) in [7, 11) is 1.96. The van der Waals surface area contributed by atoms with E-state index in [4.69, 9.17) is 5.73 Å². The predicted molar refractivity (Wildman–Crippen MR) is 82.8 cm³/mol. The van der Waals surface area contributed by atoms with Crippen LogP contribution in [0.15, 0.2) is 30.6 Å². The van der Waals surface area contributed by atoms with Gasteiger partial charge in [-0.2, -0.15) is 5.10 Å². The SMILES string of the molecule is Cn1ccc(CN2CCN(c3ccc(CN)cn3)CC2)n1. The molecule has 1 aliphatic heterocycles. The monoisotopic (exact) mass is 286 g/mol. The van der Waals surface area contributed by atoms with Gasteiger partial charge in [0.1, 0.15) is 5.82 Å². The first-order valence-corrected chi connectivity index (χ1v) is 7.35. The highest BCUT2D eigenvalue weighted by atomic mass is 15.3. The number of aryl methyl sites for hydroxylation is 1. The maximum absolute atomic E-state index is 5.60. The lowest BCUT2D eigenvalue weighted by Crippen LogP contribution is -2.46. The summed E-state index contributed by atoms with van der Waals surface area (Å²) < 4.78 is 1.86. The first kappa shape index (κ1) is 14.0. The fraction of sp³-hybridized carbons (Fsp3) is 0.467. The van der Waals surface area contributed by atoms with E-state index in [-0.39, 0.29) is 0 Å². The maximum atomic E-state index is 5.60. The molecule has 0 amide bonds. The van der Waals surface area contributed by atoms with Crippen molar-refractivity contribution in [3.63, 3.8) is 0 Å². The molecule has 0 aromatic carbocycles. The van der Waals surface area contributed by atoms with Crippen LogP contribution in [0.5, 0.6) is 0 Å². The Morgan fingerprint density at radius 1 is 1.14 bits per heavy atom. The summed E-state index contributed by atoms with van der Waals surface area (Å²) in [6.45, 7) is 5.55. The van der Waals surface area contributed by atoms with E-state index in [0.717, 1.165) is 49.8 Å². The van der Waals surface area contributed by atoms with E-state index in [1.807, 2.05) is 24.1 Å². The van der Waals surface area contributed by atoms with Crippen molar-refractivity contribution < 1.29 is 0 Å². The number of nitrogens with two attached hydrogens (primary N) is 1. The quantitative estimate of drug-likeness (QED) is 0.891. The molecule has 1 fully saturated rings. The van der Waals surface area contributed by atoms with Crippen molar-refractivity contribution in [1.29, 1.82) is 0 Å². The van der Waals surface area contributed by atoms with Crippen LogP contribution in [-0.4, -0.2) is 45.8 Å². The molecule has 6 heteroatoms. The molecule has 2 aromatic rings. The Balaban J connectivity index is 1.54. The first-order chi connectivity index (χ1) is 10.2. The molecular formula is C15H22N6. The first-order valence-electron chi connectivity index (χ1n) is 7.35. The van der Waals surface area contributed by atoms with Crippen molar-refractivity contribution in [2.24, 2.45) is 12.8 Å². The number of piperazine rings is 1. The second-order valence-electron chi connectivity index (χ2n) is 5.47. The van der Waals surface area contributed by atoms with Crippen LogP contribution < -0.4 is 10.6 Å². The van der Waals surface area contributed by atoms with Crippen LogP contribution >= 0.6 is 0 Å². The number of aromatic nitrogens is 3. The molecule has 0 saturated carbocycles. The van der Waals surface area contributed by atoms with E-state index < -0.39 is 0 Å². The number of nitrogens with zero attached hydrogens (tertiary/aromatic N) is 5. The fourth-order valence-corrected chi connectivity index (χ4v) is 2.64. The van der Waals surface area contributed by atoms with Gasteiger partial charge in [0, 0.05) is 58.7 Å². The Kier molecular flexibility index (Phi) is 4.17. The third-order valence-electron chi connectivity index (χ3n) is 3.90. The van der Waals surface area contributed by atoms with E-state index in [9.17, 15) is 0 Å². The minimum absolute atomic E-state index is 0.547. The van der Waals surface area contributed by atoms with Crippen LogP contribution in [0.3, 0.4) is 0 Å². The lowest BCUT2D eigenvalue weighted by Gasteiger charge is -2.35. The van der Waals surface area contributed by atoms with Gasteiger partial charge < -0.3 is 10.6 Å². The summed E-state index contributed by atoms with van der Waals surface area (Å²) in [5.41, 5.74) is 7.82. The fourth-order valence-electron chi connectivity index (χ4n) is 2.64. The standard InChI is InChI=1S/C15H22N6/c1-19-5-4-14(18-19)12-20-6-8-21(9-7-20)15-3-2-13(10-16)11-17-15/h2-5,11H,6-10,12,16H2,1H3. The maximum Gasteiger partial charge on any atom is 0.128 e. The van der Waals surface area contributed by atoms with E-state index in [1.165, 1.54) is 0 Å². The number of hydrogen-bond acceptors (Lipinski definition) is 5. The van der Waals surface area contributed by atoms with Gasteiger partial charge >= 0.3 is 0 Å². The molecule has 21 heavy (non-hydrogen) atoms. The van der Waals surface area contributed by atoms with Crippen LogP contribution in [0.1, 0.15) is 11.3 Å². The Hall–Kier alpha value is -1.92. The molecule has 1 saturated heterocycles. The summed E-state index contributed by atoms with van der Waals surface area (Å²) in [5, 5.41) is 4.44. The van der Waals surface area contributed by atoms with Crippen LogP contribution in [-0.2, 0) is 20.1 Å². The lowest BCUT2D eigenvalue weighted by molar-refractivity contribution is 0.246. The molecule has 0 atom stereocenters. The second kappa shape index (κ2) is 6.24. The average molecular weight is 286 g/mol. The third kappa shape index (κ3) is 3.40. The van der Waals surface area contributed by atoms with Crippen molar-refractivity contribution in [3.8, 4) is 0 Å². The van der Waals surface area contributed by atoms with Gasteiger partial charge in [0.05, 0.1) is 5.69 Å². The zero-order valence-electron chi connectivity index (χ0n) is 12.4. The number of hydrogen-bond donors (Lipinski definition) is 1. The molecule has 3 rings (SSSR count). The topological polar surface area (TPSA) is 63.2 Å². The minimum Gasteiger partial charge on any atom is -0.354 e. The molecule has 2 aromatic heterocycles. The van der Waals surface area contributed by atoms with Crippen molar-refractivity contribution in [3.05, 3.63) is 41.9 Å². The average Bonchev–Trinajstić information content (AvgIpc) is 2.93. The Labute approximate surface area is 125 Å². The molecule has 6 nitrogen and oxygen atoms in total. The molecule has 0 spiro atoms. The zero-order chi connectivity index (χ0) is 14.7. The van der Waals surface area contributed by atoms with Gasteiger partial charge in [0.25, 0.3) is 0 Å². The Morgan fingerprint density at radius 3 is 2.52 bits per heavy atom. The largest absolute Gasteiger partial charge is 0.354 e. The van der Waals surface area contributed by atoms with E-state index >= 15 is 0 Å². The van der Waals surface area contributed by atoms with Gasteiger partial charge in [-0.3, -0.25) is 9.58 Å². The zero-order valence-corrected chi connectivity index (χ0v) is 12.4. The van der Waals surface area contributed by atoms with Crippen LogP contribution in [0.2, 0.25) is 0 Å². The molecule has 0 radical (unpaired) electrons. The molecule has 0 unspecified atom stereocenters. The van der Waals surface area contributed by atoms with Crippen LogP contribution in [0.4, 0.5) is 5.82 Å². The van der Waals surface area contributed by atoms with Gasteiger partial charge in [-0.25, -0.2) is 4.98 Å². The van der Waals surface area contributed by atoms with E-state index in [0.29, 0.717) is 6.54 Å². The van der Waals surface area contributed by atoms with Crippen molar-refractivity contribution in [2.75, 3.05) is 31.1 Å². The smallest absolute Gasteiger partial charge is 0.128 e. The van der Waals surface area contributed by atoms with E-state index in [1.54, 1.807) is 0 Å². The summed E-state index contributed by atoms with van der Waals surface area (Å²) in [6, 6.07) is 6.21. The van der Waals surface area contributed by atoms with Gasteiger partial charge in [0.2, 0.25) is 0 Å². The molecule has 112 valence electrons. The predicted octanol–water partition coefficient (Wildman–Crippen LogP) is 0.596. The third-order valence-corrected chi connectivity index (χ3v) is 3.90. The van der Waals surface area contributed by atoms with Gasteiger partial charge in [0.15, 0.2) is 0 Å². The summed E-state index contributed by atoms with van der Waals surface area (Å²) in [5.74, 6) is 1.05. The van der Waals surface area contributed by atoms with Crippen molar-refractivity contribution in [2.45, 2.75) is 13.1 Å². The minimum atomic E-state index is 0.547. The molecule has 2 N–H and O–H groups in total.